The quantitative estimate of drug-likeness (QED) is 0.382. The van der Waals surface area contributed by atoms with Gasteiger partial charge < -0.3 is 0 Å². The Hall–Kier alpha value is -4.12. The number of nitrogens with zero attached hydrogens (tertiary/aromatic N) is 7. The van der Waals surface area contributed by atoms with Crippen molar-refractivity contribution in [2.45, 2.75) is 12.7 Å². The molecule has 0 saturated heterocycles. The first-order valence-electron chi connectivity index (χ1n) is 9.84. The maximum absolute atomic E-state index is 13.0. The number of fused-ring (bicyclic) bond motifs is 1. The molecule has 0 N–H and O–H groups in total. The van der Waals surface area contributed by atoms with Gasteiger partial charge in [0.05, 0.1) is 24.0 Å². The minimum atomic E-state index is -4.55. The average molecular weight is 484 g/mol. The van der Waals surface area contributed by atoms with Gasteiger partial charge in [0.15, 0.2) is 5.65 Å². The molecule has 0 spiro atoms. The van der Waals surface area contributed by atoms with Crippen LogP contribution in [-0.4, -0.2) is 34.3 Å². The molecular formula is C22H13ClF3N7O. The largest absolute Gasteiger partial charge is 0.433 e. The highest BCUT2D eigenvalue weighted by molar-refractivity contribution is 6.30. The van der Waals surface area contributed by atoms with Gasteiger partial charge in [-0.2, -0.15) is 22.8 Å². The van der Waals surface area contributed by atoms with Gasteiger partial charge in [0.1, 0.15) is 12.0 Å². The first kappa shape index (κ1) is 21.7. The topological polar surface area (TPSA) is 90.9 Å². The molecule has 0 atom stereocenters. The molecule has 0 bridgehead atoms. The smallest absolute Gasteiger partial charge is 0.251 e. The molecule has 0 amide bonds. The molecule has 8 nitrogen and oxygen atoms in total. The Labute approximate surface area is 194 Å². The van der Waals surface area contributed by atoms with Crippen LogP contribution >= 0.6 is 11.6 Å². The lowest BCUT2D eigenvalue weighted by Crippen LogP contribution is -2.23. The normalized spacial score (nSPS) is 11.8. The van der Waals surface area contributed by atoms with E-state index in [9.17, 15) is 18.0 Å². The summed E-state index contributed by atoms with van der Waals surface area (Å²) in [5, 5.41) is 9.24. The second-order valence-corrected chi connectivity index (χ2v) is 7.70. The standard InChI is InChI=1S/C22H13ClF3N7O/c23-15-4-2-14(3-5-15)16-10-30-33-20(19(16)17-7-8-27-12-29-17)31-32(21(33)34)11-13-1-6-18(28-9-13)22(24,25)26/h1-10,12H,11H2. The summed E-state index contributed by atoms with van der Waals surface area (Å²) in [5.41, 5.74) is 1.53. The first-order chi connectivity index (χ1) is 16.3. The summed E-state index contributed by atoms with van der Waals surface area (Å²) >= 11 is 6.02. The van der Waals surface area contributed by atoms with Crippen LogP contribution in [0.2, 0.25) is 5.02 Å². The Morgan fingerprint density at radius 2 is 1.76 bits per heavy atom. The van der Waals surface area contributed by atoms with Crippen molar-refractivity contribution in [2.24, 2.45) is 0 Å². The molecule has 5 aromatic rings. The van der Waals surface area contributed by atoms with E-state index in [4.69, 9.17) is 11.6 Å². The van der Waals surface area contributed by atoms with E-state index in [1.807, 2.05) is 12.1 Å². The second kappa shape index (κ2) is 8.34. The number of hydrogen-bond acceptors (Lipinski definition) is 6. The van der Waals surface area contributed by atoms with Gasteiger partial charge in [-0.25, -0.2) is 19.4 Å². The fourth-order valence-corrected chi connectivity index (χ4v) is 3.59. The van der Waals surface area contributed by atoms with Crippen LogP contribution in [-0.2, 0) is 12.7 Å². The molecule has 170 valence electrons. The molecule has 0 fully saturated rings. The summed E-state index contributed by atoms with van der Waals surface area (Å²) in [5.74, 6) is 0. The van der Waals surface area contributed by atoms with E-state index < -0.39 is 17.6 Å². The van der Waals surface area contributed by atoms with E-state index in [-0.39, 0.29) is 12.2 Å². The van der Waals surface area contributed by atoms with Crippen LogP contribution in [0.5, 0.6) is 0 Å². The van der Waals surface area contributed by atoms with Gasteiger partial charge in [-0.05, 0) is 35.4 Å². The predicted octanol–water partition coefficient (Wildman–Crippen LogP) is 4.13. The molecule has 0 radical (unpaired) electrons. The summed E-state index contributed by atoms with van der Waals surface area (Å²) in [7, 11) is 0. The SMILES string of the molecule is O=c1n(Cc2ccc(C(F)(F)F)nc2)nc2c(-c3ccncn3)c(-c3ccc(Cl)cc3)cnn12. The monoisotopic (exact) mass is 483 g/mol. The van der Waals surface area contributed by atoms with E-state index in [1.54, 1.807) is 24.4 Å². The molecule has 0 unspecified atom stereocenters. The molecule has 5 rings (SSSR count). The van der Waals surface area contributed by atoms with Crippen molar-refractivity contribution in [1.29, 1.82) is 0 Å². The zero-order valence-electron chi connectivity index (χ0n) is 17.1. The zero-order valence-corrected chi connectivity index (χ0v) is 17.9. The highest BCUT2D eigenvalue weighted by Crippen LogP contribution is 2.33. The van der Waals surface area contributed by atoms with Crippen LogP contribution in [0.3, 0.4) is 0 Å². The third-order valence-corrected chi connectivity index (χ3v) is 5.31. The van der Waals surface area contributed by atoms with E-state index >= 15 is 0 Å². The predicted molar refractivity (Wildman–Crippen MR) is 117 cm³/mol. The minimum absolute atomic E-state index is 0.0905. The maximum Gasteiger partial charge on any atom is 0.433 e. The Bertz CT molecular complexity index is 1530. The Kier molecular flexibility index (Phi) is 5.33. The van der Waals surface area contributed by atoms with Crippen LogP contribution in [0.15, 0.2) is 72.2 Å². The van der Waals surface area contributed by atoms with Crippen LogP contribution in [0.25, 0.3) is 28.0 Å². The summed E-state index contributed by atoms with van der Waals surface area (Å²) in [6, 6.07) is 10.9. The van der Waals surface area contributed by atoms with Crippen LogP contribution in [0.4, 0.5) is 13.2 Å². The number of aromatic nitrogens is 7. The zero-order chi connectivity index (χ0) is 23.9. The molecular weight excluding hydrogens is 471 g/mol. The third-order valence-electron chi connectivity index (χ3n) is 5.05. The first-order valence-corrected chi connectivity index (χ1v) is 10.2. The summed E-state index contributed by atoms with van der Waals surface area (Å²) in [6.45, 7) is -0.0905. The van der Waals surface area contributed by atoms with Gasteiger partial charge in [-0.15, -0.1) is 5.10 Å². The maximum atomic E-state index is 13.0. The molecule has 0 aliphatic rings. The fraction of sp³-hybridized carbons (Fsp3) is 0.0909. The van der Waals surface area contributed by atoms with Crippen molar-refractivity contribution < 1.29 is 13.2 Å². The highest BCUT2D eigenvalue weighted by atomic mass is 35.5. The molecule has 0 aliphatic carbocycles. The number of pyridine rings is 1. The number of hydrogen-bond donors (Lipinski definition) is 0. The van der Waals surface area contributed by atoms with Gasteiger partial charge in [-0.1, -0.05) is 29.8 Å². The average Bonchev–Trinajstić information content (AvgIpc) is 3.14. The number of alkyl halides is 3. The molecule has 1 aromatic carbocycles. The van der Waals surface area contributed by atoms with Crippen molar-refractivity contribution in [2.75, 3.05) is 0 Å². The molecule has 4 heterocycles. The van der Waals surface area contributed by atoms with Crippen LogP contribution < -0.4 is 5.69 Å². The van der Waals surface area contributed by atoms with Gasteiger partial charge >= 0.3 is 11.9 Å². The fourth-order valence-electron chi connectivity index (χ4n) is 3.46. The van der Waals surface area contributed by atoms with E-state index in [0.717, 1.165) is 27.0 Å². The van der Waals surface area contributed by atoms with E-state index in [0.29, 0.717) is 27.4 Å². The highest BCUT2D eigenvalue weighted by Gasteiger charge is 2.32. The van der Waals surface area contributed by atoms with Crippen LogP contribution in [0.1, 0.15) is 11.3 Å². The summed E-state index contributed by atoms with van der Waals surface area (Å²) in [4.78, 5) is 24.7. The molecule has 0 saturated carbocycles. The lowest BCUT2D eigenvalue weighted by Gasteiger charge is -2.09. The lowest BCUT2D eigenvalue weighted by atomic mass is 10.0. The minimum Gasteiger partial charge on any atom is -0.251 e. The van der Waals surface area contributed by atoms with Gasteiger partial charge in [0.25, 0.3) is 0 Å². The van der Waals surface area contributed by atoms with Gasteiger partial charge in [0, 0.05) is 23.0 Å². The Balaban J connectivity index is 1.65. The molecule has 12 heteroatoms. The third kappa shape index (κ3) is 4.01. The number of benzene rings is 1. The van der Waals surface area contributed by atoms with E-state index in [2.05, 4.69) is 25.1 Å². The Morgan fingerprint density at radius 3 is 2.41 bits per heavy atom. The molecule has 34 heavy (non-hydrogen) atoms. The van der Waals surface area contributed by atoms with E-state index in [1.165, 1.54) is 18.6 Å². The summed E-state index contributed by atoms with van der Waals surface area (Å²) in [6.07, 6.45) is 0.986. The lowest BCUT2D eigenvalue weighted by molar-refractivity contribution is -0.141. The van der Waals surface area contributed by atoms with Crippen molar-refractivity contribution in [1.82, 2.24) is 34.3 Å². The number of halogens is 4. The molecule has 0 aliphatic heterocycles. The van der Waals surface area contributed by atoms with Crippen molar-refractivity contribution in [3.63, 3.8) is 0 Å². The van der Waals surface area contributed by atoms with Crippen molar-refractivity contribution >= 4 is 17.2 Å². The van der Waals surface area contributed by atoms with Crippen molar-refractivity contribution in [3.05, 3.63) is 94.1 Å². The number of rotatable bonds is 4. The summed E-state index contributed by atoms with van der Waals surface area (Å²) < 4.78 is 40.6. The van der Waals surface area contributed by atoms with Crippen LogP contribution in [0, 0.1) is 0 Å². The van der Waals surface area contributed by atoms with Gasteiger partial charge in [-0.3, -0.25) is 4.98 Å². The molecule has 4 aromatic heterocycles. The van der Waals surface area contributed by atoms with Gasteiger partial charge in [0.2, 0.25) is 0 Å². The Morgan fingerprint density at radius 1 is 0.971 bits per heavy atom. The second-order valence-electron chi connectivity index (χ2n) is 7.26. The van der Waals surface area contributed by atoms with Crippen molar-refractivity contribution in [3.8, 4) is 22.4 Å².